The molecule has 0 radical (unpaired) electrons. The molecule has 0 spiro atoms. The quantitative estimate of drug-likeness (QED) is 0.802. The fourth-order valence-electron chi connectivity index (χ4n) is 2.70. The molecular formula is C17H27NO2. The lowest BCUT2D eigenvalue weighted by Crippen LogP contribution is -2.29. The van der Waals surface area contributed by atoms with E-state index in [1.54, 1.807) is 0 Å². The van der Waals surface area contributed by atoms with E-state index in [0.29, 0.717) is 18.9 Å². The Morgan fingerprint density at radius 3 is 2.20 bits per heavy atom. The number of benzene rings is 1. The molecule has 0 saturated heterocycles. The number of aliphatic carboxylic acids is 1. The van der Waals surface area contributed by atoms with Crippen LogP contribution in [0.4, 0.5) is 0 Å². The van der Waals surface area contributed by atoms with E-state index in [4.69, 9.17) is 0 Å². The van der Waals surface area contributed by atoms with Gasteiger partial charge < -0.3 is 10.4 Å². The Kier molecular flexibility index (Phi) is 6.21. The molecule has 3 nitrogen and oxygen atoms in total. The highest BCUT2D eigenvalue weighted by Gasteiger charge is 2.18. The largest absolute Gasteiger partial charge is 0.481 e. The van der Waals surface area contributed by atoms with Gasteiger partial charge in [0.05, 0.1) is 5.92 Å². The zero-order valence-corrected chi connectivity index (χ0v) is 13.3. The van der Waals surface area contributed by atoms with Crippen molar-refractivity contribution in [3.63, 3.8) is 0 Å². The lowest BCUT2D eigenvalue weighted by molar-refractivity contribution is -0.142. The number of hydrogen-bond donors (Lipinski definition) is 2. The summed E-state index contributed by atoms with van der Waals surface area (Å²) < 4.78 is 0. The standard InChI is InChI=1S/C17H27NO2/c1-11(2)6-15(17(19)20)9-18-10-16-13(4)7-12(3)8-14(16)5/h7-8,11,15,18H,6,9-10H2,1-5H3,(H,19,20). The summed E-state index contributed by atoms with van der Waals surface area (Å²) in [7, 11) is 0. The van der Waals surface area contributed by atoms with Crippen LogP contribution >= 0.6 is 0 Å². The van der Waals surface area contributed by atoms with Gasteiger partial charge in [0.15, 0.2) is 0 Å². The molecular weight excluding hydrogens is 250 g/mol. The van der Waals surface area contributed by atoms with Crippen molar-refractivity contribution in [2.45, 2.75) is 47.6 Å². The first-order valence-corrected chi connectivity index (χ1v) is 7.31. The van der Waals surface area contributed by atoms with Crippen LogP contribution in [0, 0.1) is 32.6 Å². The third-order valence-corrected chi connectivity index (χ3v) is 3.64. The first-order chi connectivity index (χ1) is 9.31. The Hall–Kier alpha value is -1.35. The number of carboxylic acid groups (broad SMARTS) is 1. The number of aryl methyl sites for hydroxylation is 3. The molecule has 3 heteroatoms. The Labute approximate surface area is 122 Å². The normalized spacial score (nSPS) is 12.7. The molecule has 0 amide bonds. The summed E-state index contributed by atoms with van der Waals surface area (Å²) in [6.07, 6.45) is 0.716. The smallest absolute Gasteiger partial charge is 0.307 e. The molecule has 112 valence electrons. The van der Waals surface area contributed by atoms with Crippen molar-refractivity contribution < 1.29 is 9.90 Å². The number of carbonyl (C=O) groups is 1. The maximum atomic E-state index is 11.2. The molecule has 2 N–H and O–H groups in total. The van der Waals surface area contributed by atoms with E-state index >= 15 is 0 Å². The van der Waals surface area contributed by atoms with Gasteiger partial charge in [-0.05, 0) is 49.8 Å². The van der Waals surface area contributed by atoms with E-state index in [1.165, 1.54) is 22.3 Å². The molecule has 0 aliphatic carbocycles. The number of rotatable bonds is 7. The summed E-state index contributed by atoms with van der Waals surface area (Å²) in [5, 5.41) is 12.5. The van der Waals surface area contributed by atoms with Crippen molar-refractivity contribution in [2.24, 2.45) is 11.8 Å². The van der Waals surface area contributed by atoms with E-state index in [-0.39, 0.29) is 5.92 Å². The second-order valence-corrected chi connectivity index (χ2v) is 6.17. The molecule has 1 unspecified atom stereocenters. The summed E-state index contributed by atoms with van der Waals surface area (Å²) in [4.78, 5) is 11.2. The van der Waals surface area contributed by atoms with Gasteiger partial charge in [0.1, 0.15) is 0 Å². The minimum Gasteiger partial charge on any atom is -0.481 e. The van der Waals surface area contributed by atoms with Crippen LogP contribution in [-0.4, -0.2) is 17.6 Å². The van der Waals surface area contributed by atoms with Crippen molar-refractivity contribution in [3.05, 3.63) is 34.4 Å². The minimum absolute atomic E-state index is 0.305. The maximum absolute atomic E-state index is 11.2. The number of nitrogens with one attached hydrogen (secondary N) is 1. The zero-order chi connectivity index (χ0) is 15.3. The summed E-state index contributed by atoms with van der Waals surface area (Å²) >= 11 is 0. The van der Waals surface area contributed by atoms with E-state index in [9.17, 15) is 9.90 Å². The third-order valence-electron chi connectivity index (χ3n) is 3.64. The highest BCUT2D eigenvalue weighted by atomic mass is 16.4. The Morgan fingerprint density at radius 2 is 1.75 bits per heavy atom. The van der Waals surface area contributed by atoms with E-state index < -0.39 is 5.97 Å². The molecule has 0 bridgehead atoms. The second kappa shape index (κ2) is 7.44. The molecule has 1 aromatic carbocycles. The van der Waals surface area contributed by atoms with E-state index in [1.807, 2.05) is 0 Å². The molecule has 1 rings (SSSR count). The third kappa shape index (κ3) is 4.97. The topological polar surface area (TPSA) is 49.3 Å². The fraction of sp³-hybridized carbons (Fsp3) is 0.588. The monoisotopic (exact) mass is 277 g/mol. The highest BCUT2D eigenvalue weighted by molar-refractivity contribution is 5.70. The van der Waals surface area contributed by atoms with Crippen LogP contribution in [0.5, 0.6) is 0 Å². The Balaban J connectivity index is 2.61. The lowest BCUT2D eigenvalue weighted by atomic mass is 9.96. The van der Waals surface area contributed by atoms with Crippen LogP contribution in [0.2, 0.25) is 0 Å². The van der Waals surface area contributed by atoms with Crippen molar-refractivity contribution in [1.82, 2.24) is 5.32 Å². The van der Waals surface area contributed by atoms with Crippen LogP contribution in [0.1, 0.15) is 42.5 Å². The molecule has 0 saturated carbocycles. The van der Waals surface area contributed by atoms with Crippen LogP contribution in [0.25, 0.3) is 0 Å². The molecule has 0 heterocycles. The first kappa shape index (κ1) is 16.7. The molecule has 1 atom stereocenters. The van der Waals surface area contributed by atoms with Crippen molar-refractivity contribution >= 4 is 5.97 Å². The summed E-state index contributed by atoms with van der Waals surface area (Å²) in [6, 6.07) is 4.35. The van der Waals surface area contributed by atoms with Crippen molar-refractivity contribution in [2.75, 3.05) is 6.54 Å². The van der Waals surface area contributed by atoms with Crippen LogP contribution in [-0.2, 0) is 11.3 Å². The molecule has 0 aliphatic heterocycles. The predicted molar refractivity (Wildman–Crippen MR) is 82.9 cm³/mol. The minimum atomic E-state index is -0.705. The van der Waals surface area contributed by atoms with E-state index in [2.05, 4.69) is 52.1 Å². The van der Waals surface area contributed by atoms with Crippen molar-refractivity contribution in [3.8, 4) is 0 Å². The van der Waals surface area contributed by atoms with Gasteiger partial charge in [-0.2, -0.15) is 0 Å². The predicted octanol–water partition coefficient (Wildman–Crippen LogP) is 3.45. The van der Waals surface area contributed by atoms with E-state index in [0.717, 1.165) is 6.54 Å². The number of hydrogen-bond acceptors (Lipinski definition) is 2. The SMILES string of the molecule is Cc1cc(C)c(CNCC(CC(C)C)C(=O)O)c(C)c1. The lowest BCUT2D eigenvalue weighted by Gasteiger charge is -2.17. The summed E-state index contributed by atoms with van der Waals surface area (Å²) in [5.41, 5.74) is 5.09. The van der Waals surface area contributed by atoms with Gasteiger partial charge in [-0.1, -0.05) is 31.5 Å². The van der Waals surface area contributed by atoms with Gasteiger partial charge >= 0.3 is 5.97 Å². The van der Waals surface area contributed by atoms with Crippen LogP contribution in [0.3, 0.4) is 0 Å². The van der Waals surface area contributed by atoms with Gasteiger partial charge in [-0.25, -0.2) is 0 Å². The molecule has 0 fully saturated rings. The van der Waals surface area contributed by atoms with Gasteiger partial charge in [0.2, 0.25) is 0 Å². The van der Waals surface area contributed by atoms with Crippen LogP contribution < -0.4 is 5.32 Å². The number of carboxylic acids is 1. The molecule has 20 heavy (non-hydrogen) atoms. The summed E-state index contributed by atoms with van der Waals surface area (Å²) in [5.74, 6) is -0.606. The highest BCUT2D eigenvalue weighted by Crippen LogP contribution is 2.17. The van der Waals surface area contributed by atoms with Gasteiger partial charge in [-0.3, -0.25) is 4.79 Å². The zero-order valence-electron chi connectivity index (χ0n) is 13.3. The average Bonchev–Trinajstić information content (AvgIpc) is 2.30. The Morgan fingerprint density at radius 1 is 1.20 bits per heavy atom. The fourth-order valence-corrected chi connectivity index (χ4v) is 2.70. The van der Waals surface area contributed by atoms with Crippen molar-refractivity contribution in [1.29, 1.82) is 0 Å². The average molecular weight is 277 g/mol. The molecule has 0 aromatic heterocycles. The summed E-state index contributed by atoms with van der Waals surface area (Å²) in [6.45, 7) is 11.7. The molecule has 0 aliphatic rings. The Bertz CT molecular complexity index is 443. The molecule has 1 aromatic rings. The second-order valence-electron chi connectivity index (χ2n) is 6.17. The first-order valence-electron chi connectivity index (χ1n) is 7.31. The van der Waals surface area contributed by atoms with Gasteiger partial charge in [-0.15, -0.1) is 0 Å². The van der Waals surface area contributed by atoms with Gasteiger partial charge in [0.25, 0.3) is 0 Å². The van der Waals surface area contributed by atoms with Gasteiger partial charge in [0, 0.05) is 13.1 Å². The van der Waals surface area contributed by atoms with Crippen LogP contribution in [0.15, 0.2) is 12.1 Å². The maximum Gasteiger partial charge on any atom is 0.307 e.